The van der Waals surface area contributed by atoms with Gasteiger partial charge in [-0.05, 0) is 50.1 Å². The highest BCUT2D eigenvalue weighted by Crippen LogP contribution is 2.17. The van der Waals surface area contributed by atoms with E-state index in [1.54, 1.807) is 36.1 Å². The highest BCUT2D eigenvalue weighted by atomic mass is 19.1. The zero-order chi connectivity index (χ0) is 19.9. The fourth-order valence-electron chi connectivity index (χ4n) is 3.04. The summed E-state index contributed by atoms with van der Waals surface area (Å²) in [5.41, 5.74) is 1.01. The Bertz CT molecular complexity index is 838. The average Bonchev–Trinajstić information content (AvgIpc) is 2.69. The second-order valence-corrected chi connectivity index (χ2v) is 6.50. The molecule has 8 heteroatoms. The fourth-order valence-corrected chi connectivity index (χ4v) is 3.04. The smallest absolute Gasteiger partial charge is 0.409 e. The van der Waals surface area contributed by atoms with Gasteiger partial charge in [0.05, 0.1) is 6.61 Å². The van der Waals surface area contributed by atoms with Gasteiger partial charge in [-0.15, -0.1) is 0 Å². The predicted octanol–water partition coefficient (Wildman–Crippen LogP) is 3.32. The summed E-state index contributed by atoms with van der Waals surface area (Å²) in [7, 11) is 0. The number of rotatable bonds is 5. The minimum Gasteiger partial charge on any atom is -0.450 e. The summed E-state index contributed by atoms with van der Waals surface area (Å²) >= 11 is 0. The molecule has 2 heterocycles. The summed E-state index contributed by atoms with van der Waals surface area (Å²) in [5, 5.41) is 5.98. The SMILES string of the molecule is CCOC(=O)N1CCC(NC(=O)c2ccnc(Nc3cccc(F)c3)c2)CC1. The van der Waals surface area contributed by atoms with Gasteiger partial charge in [0, 0.05) is 36.6 Å². The molecule has 2 aromatic rings. The van der Waals surface area contributed by atoms with Crippen LogP contribution in [0.25, 0.3) is 0 Å². The van der Waals surface area contributed by atoms with Crippen LogP contribution in [0.15, 0.2) is 42.6 Å². The van der Waals surface area contributed by atoms with Crippen molar-refractivity contribution in [3.63, 3.8) is 0 Å². The Hall–Kier alpha value is -3.16. The lowest BCUT2D eigenvalue weighted by Crippen LogP contribution is -2.46. The summed E-state index contributed by atoms with van der Waals surface area (Å²) in [6.07, 6.45) is 2.56. The van der Waals surface area contributed by atoms with Gasteiger partial charge < -0.3 is 20.3 Å². The van der Waals surface area contributed by atoms with Crippen molar-refractivity contribution in [2.75, 3.05) is 25.0 Å². The third-order valence-corrected chi connectivity index (χ3v) is 4.48. The number of ether oxygens (including phenoxy) is 1. The Morgan fingerprint density at radius 1 is 1.25 bits per heavy atom. The molecule has 0 aliphatic carbocycles. The van der Waals surface area contributed by atoms with E-state index in [0.29, 0.717) is 49.6 Å². The molecule has 0 saturated carbocycles. The van der Waals surface area contributed by atoms with Gasteiger partial charge in [0.25, 0.3) is 5.91 Å². The molecule has 7 nitrogen and oxygen atoms in total. The van der Waals surface area contributed by atoms with Crippen molar-refractivity contribution in [3.8, 4) is 0 Å². The Balaban J connectivity index is 1.56. The van der Waals surface area contributed by atoms with E-state index < -0.39 is 0 Å². The van der Waals surface area contributed by atoms with Gasteiger partial charge in [-0.1, -0.05) is 6.07 Å². The number of anilines is 2. The molecule has 1 aromatic carbocycles. The molecule has 0 atom stereocenters. The minimum atomic E-state index is -0.354. The highest BCUT2D eigenvalue weighted by molar-refractivity contribution is 5.95. The lowest BCUT2D eigenvalue weighted by atomic mass is 10.0. The van der Waals surface area contributed by atoms with Gasteiger partial charge in [-0.3, -0.25) is 4.79 Å². The molecule has 0 unspecified atom stereocenters. The quantitative estimate of drug-likeness (QED) is 0.824. The molecule has 0 radical (unpaired) electrons. The van der Waals surface area contributed by atoms with E-state index in [1.807, 2.05) is 0 Å². The Morgan fingerprint density at radius 3 is 2.75 bits per heavy atom. The van der Waals surface area contributed by atoms with Gasteiger partial charge in [0.1, 0.15) is 11.6 Å². The zero-order valence-electron chi connectivity index (χ0n) is 15.7. The summed E-state index contributed by atoms with van der Waals surface area (Å²) in [6.45, 7) is 3.22. The van der Waals surface area contributed by atoms with Crippen LogP contribution in [0.2, 0.25) is 0 Å². The van der Waals surface area contributed by atoms with Crippen LogP contribution >= 0.6 is 0 Å². The molecule has 2 N–H and O–H groups in total. The number of nitrogens with zero attached hydrogens (tertiary/aromatic N) is 2. The molecular formula is C20H23FN4O3. The molecule has 28 heavy (non-hydrogen) atoms. The van der Waals surface area contributed by atoms with Gasteiger partial charge in [-0.25, -0.2) is 14.2 Å². The maximum absolute atomic E-state index is 13.3. The second-order valence-electron chi connectivity index (χ2n) is 6.50. The predicted molar refractivity (Wildman–Crippen MR) is 103 cm³/mol. The van der Waals surface area contributed by atoms with E-state index in [9.17, 15) is 14.0 Å². The number of pyridine rings is 1. The number of carbonyl (C=O) groups excluding carboxylic acids is 2. The molecule has 0 spiro atoms. The first kappa shape index (κ1) is 19.6. The number of amides is 2. The maximum atomic E-state index is 13.3. The zero-order valence-corrected chi connectivity index (χ0v) is 15.7. The van der Waals surface area contributed by atoms with Crippen molar-refractivity contribution in [3.05, 3.63) is 54.0 Å². The minimum absolute atomic E-state index is 0.00836. The van der Waals surface area contributed by atoms with Crippen LogP contribution in [0, 0.1) is 5.82 Å². The van der Waals surface area contributed by atoms with Crippen LogP contribution in [-0.2, 0) is 4.74 Å². The molecule has 1 aliphatic heterocycles. The van der Waals surface area contributed by atoms with E-state index in [0.717, 1.165) is 0 Å². The van der Waals surface area contributed by atoms with Crippen molar-refractivity contribution in [2.45, 2.75) is 25.8 Å². The molecule has 0 bridgehead atoms. The Labute approximate surface area is 162 Å². The first-order chi connectivity index (χ1) is 13.5. The lowest BCUT2D eigenvalue weighted by Gasteiger charge is -2.31. The third-order valence-electron chi connectivity index (χ3n) is 4.48. The van der Waals surface area contributed by atoms with Crippen LogP contribution in [-0.4, -0.2) is 47.6 Å². The molecule has 3 rings (SSSR count). The summed E-state index contributed by atoms with van der Waals surface area (Å²) in [4.78, 5) is 30.1. The fraction of sp³-hybridized carbons (Fsp3) is 0.350. The van der Waals surface area contributed by atoms with Gasteiger partial charge in [0.15, 0.2) is 0 Å². The van der Waals surface area contributed by atoms with E-state index >= 15 is 0 Å². The molecular weight excluding hydrogens is 363 g/mol. The molecule has 1 fully saturated rings. The Kier molecular flexibility index (Phi) is 6.41. The van der Waals surface area contributed by atoms with Crippen LogP contribution < -0.4 is 10.6 Å². The molecule has 1 aromatic heterocycles. The first-order valence-electron chi connectivity index (χ1n) is 9.26. The van der Waals surface area contributed by atoms with Crippen LogP contribution in [0.5, 0.6) is 0 Å². The van der Waals surface area contributed by atoms with E-state index in [1.165, 1.54) is 18.3 Å². The van der Waals surface area contributed by atoms with Crippen molar-refractivity contribution in [2.24, 2.45) is 0 Å². The van der Waals surface area contributed by atoms with Crippen LogP contribution in [0.4, 0.5) is 20.7 Å². The summed E-state index contributed by atoms with van der Waals surface area (Å²) < 4.78 is 18.3. The normalized spacial score (nSPS) is 14.4. The molecule has 1 aliphatic rings. The topological polar surface area (TPSA) is 83.6 Å². The van der Waals surface area contributed by atoms with Crippen molar-refractivity contribution >= 4 is 23.5 Å². The van der Waals surface area contributed by atoms with E-state index in [-0.39, 0.29) is 23.9 Å². The van der Waals surface area contributed by atoms with E-state index in [4.69, 9.17) is 4.74 Å². The van der Waals surface area contributed by atoms with Crippen molar-refractivity contribution in [1.29, 1.82) is 0 Å². The number of nitrogens with one attached hydrogen (secondary N) is 2. The third kappa shape index (κ3) is 5.18. The van der Waals surface area contributed by atoms with Gasteiger partial charge >= 0.3 is 6.09 Å². The second kappa shape index (κ2) is 9.16. The number of likely N-dealkylation sites (tertiary alicyclic amines) is 1. The first-order valence-corrected chi connectivity index (χ1v) is 9.26. The Morgan fingerprint density at radius 2 is 2.04 bits per heavy atom. The summed E-state index contributed by atoms with van der Waals surface area (Å²) in [6, 6.07) is 9.26. The number of aromatic nitrogens is 1. The standard InChI is InChI=1S/C20H23FN4O3/c1-2-28-20(27)25-10-7-16(8-11-25)24-19(26)14-6-9-22-18(12-14)23-17-5-3-4-15(21)13-17/h3-6,9,12-13,16H,2,7-8,10-11H2,1H3,(H,22,23)(H,24,26). The van der Waals surface area contributed by atoms with Gasteiger partial charge in [-0.2, -0.15) is 0 Å². The van der Waals surface area contributed by atoms with Crippen molar-refractivity contribution in [1.82, 2.24) is 15.2 Å². The number of hydrogen-bond acceptors (Lipinski definition) is 5. The monoisotopic (exact) mass is 386 g/mol. The largest absolute Gasteiger partial charge is 0.450 e. The lowest BCUT2D eigenvalue weighted by molar-refractivity contribution is 0.0860. The van der Waals surface area contributed by atoms with Crippen LogP contribution in [0.1, 0.15) is 30.1 Å². The van der Waals surface area contributed by atoms with Gasteiger partial charge in [0.2, 0.25) is 0 Å². The van der Waals surface area contributed by atoms with Crippen LogP contribution in [0.3, 0.4) is 0 Å². The number of piperidine rings is 1. The number of hydrogen-bond donors (Lipinski definition) is 2. The molecule has 1 saturated heterocycles. The van der Waals surface area contributed by atoms with Crippen molar-refractivity contribution < 1.29 is 18.7 Å². The number of benzene rings is 1. The average molecular weight is 386 g/mol. The van der Waals surface area contributed by atoms with E-state index in [2.05, 4.69) is 15.6 Å². The highest BCUT2D eigenvalue weighted by Gasteiger charge is 2.24. The molecule has 148 valence electrons. The maximum Gasteiger partial charge on any atom is 0.409 e. The number of carbonyl (C=O) groups is 2. The molecule has 2 amide bonds. The number of halogens is 1. The summed E-state index contributed by atoms with van der Waals surface area (Å²) in [5.74, 6) is -0.109.